The van der Waals surface area contributed by atoms with Gasteiger partial charge < -0.3 is 4.57 Å². The summed E-state index contributed by atoms with van der Waals surface area (Å²) in [6, 6.07) is 3.38. The lowest BCUT2D eigenvalue weighted by molar-refractivity contribution is 0.404. The quantitative estimate of drug-likeness (QED) is 0.743. The molecule has 0 N–H and O–H groups in total. The zero-order valence-electron chi connectivity index (χ0n) is 14.9. The van der Waals surface area contributed by atoms with Gasteiger partial charge in [0.1, 0.15) is 10.0 Å². The van der Waals surface area contributed by atoms with Gasteiger partial charge in [0.05, 0.1) is 0 Å². The summed E-state index contributed by atoms with van der Waals surface area (Å²) in [4.78, 5) is 5.03. The largest absolute Gasteiger partial charge is 0.337 e. The Morgan fingerprint density at radius 1 is 0.962 bits per heavy atom. The van der Waals surface area contributed by atoms with Gasteiger partial charge in [-0.25, -0.2) is 21.8 Å². The van der Waals surface area contributed by atoms with Crippen molar-refractivity contribution in [3.8, 4) is 0 Å². The lowest BCUT2D eigenvalue weighted by Gasteiger charge is -2.20. The minimum absolute atomic E-state index is 0.00249. The van der Waals surface area contributed by atoms with Gasteiger partial charge in [0, 0.05) is 44.3 Å². The van der Waals surface area contributed by atoms with Crippen LogP contribution in [-0.2, 0) is 27.1 Å². The number of aryl methyl sites for hydroxylation is 3. The summed E-state index contributed by atoms with van der Waals surface area (Å²) in [7, 11) is -5.59. The van der Waals surface area contributed by atoms with Crippen molar-refractivity contribution in [3.05, 3.63) is 29.0 Å². The molecular weight excluding hydrogens is 396 g/mol. The van der Waals surface area contributed by atoms with Crippen molar-refractivity contribution in [1.29, 1.82) is 0 Å². The molecule has 0 amide bonds. The van der Waals surface area contributed by atoms with Crippen LogP contribution >= 0.6 is 11.3 Å². The van der Waals surface area contributed by atoms with Crippen LogP contribution in [0, 0.1) is 13.8 Å². The fourth-order valence-electron chi connectivity index (χ4n) is 2.81. The number of nitrogens with zero attached hydrogens (tertiary/aromatic N) is 4. The molecule has 1 fully saturated rings. The van der Waals surface area contributed by atoms with Crippen molar-refractivity contribution in [3.63, 3.8) is 0 Å². The molecule has 8 nitrogen and oxygen atoms in total. The van der Waals surface area contributed by atoms with Crippen molar-refractivity contribution in [2.45, 2.75) is 29.5 Å². The van der Waals surface area contributed by atoms with E-state index in [1.54, 1.807) is 30.7 Å². The Morgan fingerprint density at radius 3 is 2.08 bits per heavy atom. The summed E-state index contributed by atoms with van der Waals surface area (Å²) >= 11 is 1.23. The monoisotopic (exact) mass is 418 g/mol. The average Bonchev–Trinajstić information content (AvgIpc) is 3.05. The minimum Gasteiger partial charge on any atom is -0.337 e. The number of hydrogen-bond acceptors (Lipinski definition) is 6. The molecule has 0 aliphatic carbocycles. The highest BCUT2D eigenvalue weighted by Gasteiger charge is 2.33. The van der Waals surface area contributed by atoms with E-state index in [1.807, 2.05) is 6.92 Å². The zero-order valence-corrected chi connectivity index (χ0v) is 17.4. The Kier molecular flexibility index (Phi) is 5.28. The topological polar surface area (TPSA) is 92.6 Å². The zero-order chi connectivity index (χ0) is 19.1. The number of hydrogen-bond donors (Lipinski definition) is 0. The lowest BCUT2D eigenvalue weighted by atomic mass is 10.4. The first-order chi connectivity index (χ1) is 12.1. The maximum absolute atomic E-state index is 12.8. The second kappa shape index (κ2) is 7.04. The predicted octanol–water partition coefficient (Wildman–Crippen LogP) is 1.18. The van der Waals surface area contributed by atoms with E-state index in [-0.39, 0.29) is 24.7 Å². The molecule has 2 aromatic heterocycles. The molecule has 1 aliphatic rings. The minimum atomic E-state index is -3.73. The molecule has 0 bridgehead atoms. The van der Waals surface area contributed by atoms with Crippen LogP contribution in [0.5, 0.6) is 0 Å². The number of sulfonamides is 2. The summed E-state index contributed by atoms with van der Waals surface area (Å²) in [6.07, 6.45) is 1.92. The molecule has 3 heterocycles. The maximum atomic E-state index is 12.8. The Bertz CT molecular complexity index is 988. The van der Waals surface area contributed by atoms with Crippen molar-refractivity contribution < 1.29 is 16.8 Å². The smallest absolute Gasteiger partial charge is 0.262 e. The van der Waals surface area contributed by atoms with Gasteiger partial charge >= 0.3 is 0 Å². The Morgan fingerprint density at radius 2 is 1.58 bits per heavy atom. The van der Waals surface area contributed by atoms with E-state index in [0.29, 0.717) is 23.0 Å². The van der Waals surface area contributed by atoms with E-state index in [4.69, 9.17) is 0 Å². The molecule has 0 radical (unpaired) electrons. The Labute approximate surface area is 158 Å². The van der Waals surface area contributed by atoms with Gasteiger partial charge in [0.2, 0.25) is 0 Å². The standard InChI is InChI=1S/C15H22N4O4S3/c1-12-5-6-15(24-12)26(22,23)19-8-4-7-18(9-10-19)25(20,21)14-11-17(3)13(2)16-14/h5-6,11H,4,7-10H2,1-3H3. The third-order valence-corrected chi connectivity index (χ3v) is 9.55. The molecule has 0 saturated carbocycles. The summed E-state index contributed by atoms with van der Waals surface area (Å²) in [6.45, 7) is 4.40. The van der Waals surface area contributed by atoms with Crippen LogP contribution in [0.3, 0.4) is 0 Å². The second-order valence-corrected chi connectivity index (χ2v) is 11.6. The Hall–Kier alpha value is -1.27. The molecule has 2 aromatic rings. The summed E-state index contributed by atoms with van der Waals surface area (Å²) in [5.74, 6) is 0.607. The SMILES string of the molecule is Cc1ccc(S(=O)(=O)N2CCCN(S(=O)(=O)c3cn(C)c(C)n3)CC2)s1. The summed E-state index contributed by atoms with van der Waals surface area (Å²) in [5, 5.41) is 0.00249. The highest BCUT2D eigenvalue weighted by atomic mass is 32.2. The lowest BCUT2D eigenvalue weighted by Crippen LogP contribution is -2.37. The van der Waals surface area contributed by atoms with Gasteiger partial charge in [-0.15, -0.1) is 11.3 Å². The summed E-state index contributed by atoms with van der Waals surface area (Å²) < 4.78 is 55.8. The number of aromatic nitrogens is 2. The van der Waals surface area contributed by atoms with Crippen LogP contribution in [0.25, 0.3) is 0 Å². The molecule has 3 rings (SSSR count). The van der Waals surface area contributed by atoms with E-state index in [2.05, 4.69) is 4.98 Å². The predicted molar refractivity (Wildman–Crippen MR) is 99.1 cm³/mol. The third-order valence-electron chi connectivity index (χ3n) is 4.41. The van der Waals surface area contributed by atoms with Gasteiger partial charge in [0.25, 0.3) is 20.0 Å². The molecule has 1 aliphatic heterocycles. The summed E-state index contributed by atoms with van der Waals surface area (Å²) in [5.41, 5.74) is 0. The van der Waals surface area contributed by atoms with Crippen molar-refractivity contribution in [2.75, 3.05) is 26.2 Å². The molecule has 0 aromatic carbocycles. The number of thiophene rings is 1. The molecule has 1 saturated heterocycles. The third kappa shape index (κ3) is 3.58. The van der Waals surface area contributed by atoms with Gasteiger partial charge in [-0.2, -0.15) is 8.61 Å². The number of imidazole rings is 1. The van der Waals surface area contributed by atoms with Crippen LogP contribution in [0.2, 0.25) is 0 Å². The van der Waals surface area contributed by atoms with Gasteiger partial charge in [0.15, 0.2) is 5.03 Å². The molecular formula is C15H22N4O4S3. The van der Waals surface area contributed by atoms with Crippen LogP contribution in [0.15, 0.2) is 27.6 Å². The fraction of sp³-hybridized carbons (Fsp3) is 0.533. The van der Waals surface area contributed by atoms with Gasteiger partial charge in [-0.1, -0.05) is 0 Å². The Balaban J connectivity index is 1.80. The van der Waals surface area contributed by atoms with Crippen molar-refractivity contribution >= 4 is 31.4 Å². The molecule has 0 unspecified atom stereocenters. The number of rotatable bonds is 4. The highest BCUT2D eigenvalue weighted by molar-refractivity contribution is 7.91. The average molecular weight is 419 g/mol. The van der Waals surface area contributed by atoms with Crippen molar-refractivity contribution in [2.24, 2.45) is 7.05 Å². The molecule has 144 valence electrons. The van der Waals surface area contributed by atoms with Crippen LogP contribution in [0.1, 0.15) is 17.1 Å². The van der Waals surface area contributed by atoms with Crippen LogP contribution in [0.4, 0.5) is 0 Å². The molecule has 11 heteroatoms. The van der Waals surface area contributed by atoms with E-state index in [1.165, 1.54) is 26.1 Å². The van der Waals surface area contributed by atoms with E-state index < -0.39 is 20.0 Å². The van der Waals surface area contributed by atoms with E-state index in [9.17, 15) is 16.8 Å². The molecule has 0 spiro atoms. The van der Waals surface area contributed by atoms with Crippen LogP contribution < -0.4 is 0 Å². The normalized spacial score (nSPS) is 18.1. The van der Waals surface area contributed by atoms with Gasteiger partial charge in [-0.05, 0) is 32.4 Å². The highest BCUT2D eigenvalue weighted by Crippen LogP contribution is 2.26. The first-order valence-corrected chi connectivity index (χ1v) is 11.9. The molecule has 0 atom stereocenters. The van der Waals surface area contributed by atoms with E-state index in [0.717, 1.165) is 4.88 Å². The van der Waals surface area contributed by atoms with E-state index >= 15 is 0 Å². The molecule has 26 heavy (non-hydrogen) atoms. The first-order valence-electron chi connectivity index (χ1n) is 8.19. The second-order valence-electron chi connectivity index (χ2n) is 6.26. The van der Waals surface area contributed by atoms with Gasteiger partial charge in [-0.3, -0.25) is 0 Å². The first kappa shape index (κ1) is 19.5. The maximum Gasteiger partial charge on any atom is 0.262 e. The fourth-order valence-corrected chi connectivity index (χ4v) is 7.21. The van der Waals surface area contributed by atoms with Crippen molar-refractivity contribution in [1.82, 2.24) is 18.2 Å². The van der Waals surface area contributed by atoms with Crippen LogP contribution in [-0.4, -0.2) is 61.2 Å².